The number of hydrogen-bond donors (Lipinski definition) is 1. The summed E-state index contributed by atoms with van der Waals surface area (Å²) in [6.45, 7) is 3.17. The van der Waals surface area contributed by atoms with E-state index in [4.69, 9.17) is 5.11 Å². The molecule has 0 aliphatic heterocycles. The minimum Gasteiger partial charge on any atom is -0.480 e. The summed E-state index contributed by atoms with van der Waals surface area (Å²) in [5.74, 6) is -1.46. The molecule has 0 radical (unpaired) electrons. The lowest BCUT2D eigenvalue weighted by atomic mass is 10.3. The van der Waals surface area contributed by atoms with Crippen molar-refractivity contribution in [1.29, 1.82) is 0 Å². The normalized spacial score (nSPS) is 10.6. The zero-order valence-corrected chi connectivity index (χ0v) is 12.4. The molecule has 0 aromatic carbocycles. The van der Waals surface area contributed by atoms with E-state index in [-0.39, 0.29) is 18.3 Å². The van der Waals surface area contributed by atoms with Gasteiger partial charge in [-0.15, -0.1) is 11.3 Å². The van der Waals surface area contributed by atoms with Crippen LogP contribution in [0.15, 0.2) is 24.0 Å². The number of aromatic nitrogens is 3. The summed E-state index contributed by atoms with van der Waals surface area (Å²) in [7, 11) is 0. The van der Waals surface area contributed by atoms with Gasteiger partial charge < -0.3 is 10.0 Å². The van der Waals surface area contributed by atoms with Gasteiger partial charge in [0.2, 0.25) is 0 Å². The minimum absolute atomic E-state index is 0.218. The monoisotopic (exact) mass is 306 g/mol. The summed E-state index contributed by atoms with van der Waals surface area (Å²) in [6, 6.07) is -0.227. The Labute approximate surface area is 125 Å². The maximum absolute atomic E-state index is 12.3. The SMILES string of the molecule is CC(C)N(CC(=O)O)C(=O)c1csc(-c2cnccn2)n1. The van der Waals surface area contributed by atoms with E-state index in [2.05, 4.69) is 15.0 Å². The van der Waals surface area contributed by atoms with Crippen LogP contribution in [-0.4, -0.2) is 49.4 Å². The van der Waals surface area contributed by atoms with Gasteiger partial charge in [0.05, 0.1) is 6.20 Å². The van der Waals surface area contributed by atoms with Gasteiger partial charge in [-0.25, -0.2) is 4.98 Å². The Bertz CT molecular complexity index is 642. The highest BCUT2D eigenvalue weighted by molar-refractivity contribution is 7.13. The van der Waals surface area contributed by atoms with Gasteiger partial charge in [-0.2, -0.15) is 0 Å². The molecule has 2 aromatic heterocycles. The Hall–Kier alpha value is -2.35. The Morgan fingerprint density at radius 3 is 2.71 bits per heavy atom. The molecule has 8 heteroatoms. The Morgan fingerprint density at radius 2 is 2.14 bits per heavy atom. The summed E-state index contributed by atoms with van der Waals surface area (Å²) in [5, 5.41) is 11.1. The molecule has 0 bridgehead atoms. The second kappa shape index (κ2) is 6.40. The standard InChI is InChI=1S/C13H14N4O3S/c1-8(2)17(6-11(18)19)13(20)10-7-21-12(16-10)9-5-14-3-4-15-9/h3-5,7-8H,6H2,1-2H3,(H,18,19). The van der Waals surface area contributed by atoms with Gasteiger partial charge >= 0.3 is 5.97 Å². The molecule has 1 N–H and O–H groups in total. The molecule has 0 fully saturated rings. The van der Waals surface area contributed by atoms with Crippen LogP contribution in [0, 0.1) is 0 Å². The van der Waals surface area contributed by atoms with Crippen LogP contribution in [0.25, 0.3) is 10.7 Å². The molecule has 0 saturated carbocycles. The molecule has 0 atom stereocenters. The van der Waals surface area contributed by atoms with Crippen LogP contribution in [0.4, 0.5) is 0 Å². The van der Waals surface area contributed by atoms with Crippen LogP contribution in [0.3, 0.4) is 0 Å². The fourth-order valence-electron chi connectivity index (χ4n) is 1.68. The first kappa shape index (κ1) is 15.0. The summed E-state index contributed by atoms with van der Waals surface area (Å²) in [6.07, 6.45) is 4.66. The first-order valence-electron chi connectivity index (χ1n) is 6.23. The first-order valence-corrected chi connectivity index (χ1v) is 7.11. The summed E-state index contributed by atoms with van der Waals surface area (Å²) < 4.78 is 0. The third-order valence-electron chi connectivity index (χ3n) is 2.70. The molecule has 0 spiro atoms. The zero-order valence-electron chi connectivity index (χ0n) is 11.6. The zero-order chi connectivity index (χ0) is 15.4. The maximum atomic E-state index is 12.3. The highest BCUT2D eigenvalue weighted by Crippen LogP contribution is 2.21. The largest absolute Gasteiger partial charge is 0.480 e. The van der Waals surface area contributed by atoms with Crippen molar-refractivity contribution in [1.82, 2.24) is 19.9 Å². The van der Waals surface area contributed by atoms with Crippen molar-refractivity contribution >= 4 is 23.2 Å². The second-order valence-corrected chi connectivity index (χ2v) is 5.41. The van der Waals surface area contributed by atoms with Crippen molar-refractivity contribution in [2.24, 2.45) is 0 Å². The van der Waals surface area contributed by atoms with E-state index in [0.29, 0.717) is 10.7 Å². The first-order chi connectivity index (χ1) is 9.99. The Kier molecular flexibility index (Phi) is 4.59. The maximum Gasteiger partial charge on any atom is 0.323 e. The van der Waals surface area contributed by atoms with E-state index < -0.39 is 11.9 Å². The number of aliphatic carboxylic acids is 1. The van der Waals surface area contributed by atoms with Crippen molar-refractivity contribution in [2.75, 3.05) is 6.54 Å². The molecule has 110 valence electrons. The van der Waals surface area contributed by atoms with Gasteiger partial charge in [0.15, 0.2) is 0 Å². The molecule has 2 heterocycles. The predicted molar refractivity (Wildman–Crippen MR) is 76.9 cm³/mol. The molecular weight excluding hydrogens is 292 g/mol. The Balaban J connectivity index is 2.23. The quantitative estimate of drug-likeness (QED) is 0.900. The van der Waals surface area contributed by atoms with Crippen molar-refractivity contribution in [2.45, 2.75) is 19.9 Å². The number of carboxylic acids is 1. The predicted octanol–water partition coefficient (Wildman–Crippen LogP) is 1.54. The average molecular weight is 306 g/mol. The second-order valence-electron chi connectivity index (χ2n) is 4.55. The van der Waals surface area contributed by atoms with Crippen molar-refractivity contribution in [3.8, 4) is 10.7 Å². The summed E-state index contributed by atoms with van der Waals surface area (Å²) in [4.78, 5) is 36.7. The van der Waals surface area contributed by atoms with Gasteiger partial charge in [0.1, 0.15) is 22.9 Å². The molecule has 0 aliphatic carbocycles. The molecule has 2 rings (SSSR count). The number of carbonyl (C=O) groups is 2. The highest BCUT2D eigenvalue weighted by atomic mass is 32.1. The topological polar surface area (TPSA) is 96.3 Å². The fraction of sp³-hybridized carbons (Fsp3) is 0.308. The third kappa shape index (κ3) is 3.60. The molecule has 0 aliphatic rings. The van der Waals surface area contributed by atoms with Gasteiger partial charge in [0, 0.05) is 23.8 Å². The Morgan fingerprint density at radius 1 is 1.38 bits per heavy atom. The number of carbonyl (C=O) groups excluding carboxylic acids is 1. The molecule has 2 aromatic rings. The number of hydrogen-bond acceptors (Lipinski definition) is 6. The molecule has 7 nitrogen and oxygen atoms in total. The lowest BCUT2D eigenvalue weighted by Gasteiger charge is -2.23. The molecule has 21 heavy (non-hydrogen) atoms. The van der Waals surface area contributed by atoms with Gasteiger partial charge in [-0.3, -0.25) is 19.6 Å². The number of amides is 1. The van der Waals surface area contributed by atoms with Crippen LogP contribution in [0.2, 0.25) is 0 Å². The van der Waals surface area contributed by atoms with Gasteiger partial charge in [-0.05, 0) is 13.8 Å². The fourth-order valence-corrected chi connectivity index (χ4v) is 2.43. The van der Waals surface area contributed by atoms with Gasteiger partial charge in [0.25, 0.3) is 5.91 Å². The highest BCUT2D eigenvalue weighted by Gasteiger charge is 2.23. The number of carboxylic acid groups (broad SMARTS) is 1. The van der Waals surface area contributed by atoms with E-state index in [9.17, 15) is 9.59 Å². The number of nitrogens with zero attached hydrogens (tertiary/aromatic N) is 4. The molecule has 1 amide bonds. The summed E-state index contributed by atoms with van der Waals surface area (Å²) in [5.41, 5.74) is 0.798. The third-order valence-corrected chi connectivity index (χ3v) is 3.56. The van der Waals surface area contributed by atoms with E-state index in [1.165, 1.54) is 16.2 Å². The number of rotatable bonds is 5. The van der Waals surface area contributed by atoms with Gasteiger partial charge in [-0.1, -0.05) is 0 Å². The van der Waals surface area contributed by atoms with Crippen LogP contribution < -0.4 is 0 Å². The molecular formula is C13H14N4O3S. The smallest absolute Gasteiger partial charge is 0.323 e. The van der Waals surface area contributed by atoms with E-state index in [0.717, 1.165) is 0 Å². The van der Waals surface area contributed by atoms with E-state index >= 15 is 0 Å². The molecule has 0 unspecified atom stereocenters. The van der Waals surface area contributed by atoms with Crippen LogP contribution in [-0.2, 0) is 4.79 Å². The van der Waals surface area contributed by atoms with Crippen molar-refractivity contribution in [3.05, 3.63) is 29.7 Å². The minimum atomic E-state index is -1.05. The van der Waals surface area contributed by atoms with Crippen LogP contribution >= 0.6 is 11.3 Å². The van der Waals surface area contributed by atoms with Crippen LogP contribution in [0.1, 0.15) is 24.3 Å². The van der Waals surface area contributed by atoms with Crippen LogP contribution in [0.5, 0.6) is 0 Å². The summed E-state index contributed by atoms with van der Waals surface area (Å²) >= 11 is 1.27. The lowest BCUT2D eigenvalue weighted by molar-refractivity contribution is -0.138. The lowest BCUT2D eigenvalue weighted by Crippen LogP contribution is -2.40. The van der Waals surface area contributed by atoms with Crippen molar-refractivity contribution < 1.29 is 14.7 Å². The average Bonchev–Trinajstić information content (AvgIpc) is 2.94. The van der Waals surface area contributed by atoms with Crippen molar-refractivity contribution in [3.63, 3.8) is 0 Å². The van der Waals surface area contributed by atoms with E-state index in [1.807, 2.05) is 0 Å². The molecule has 0 saturated heterocycles. The number of thiazole rings is 1. The van der Waals surface area contributed by atoms with E-state index in [1.54, 1.807) is 37.8 Å².